The molecule has 0 bridgehead atoms. The van der Waals surface area contributed by atoms with Gasteiger partial charge in [0.2, 0.25) is 17.7 Å². The molecule has 1 N–H and O–H groups in total. The molecule has 2 fully saturated rings. The Morgan fingerprint density at radius 3 is 2.58 bits per heavy atom. The molecule has 9 heteroatoms. The van der Waals surface area contributed by atoms with Crippen LogP contribution in [-0.4, -0.2) is 35.7 Å². The lowest BCUT2D eigenvalue weighted by atomic mass is 10.1. The summed E-state index contributed by atoms with van der Waals surface area (Å²) >= 11 is 0. The van der Waals surface area contributed by atoms with Crippen LogP contribution in [0, 0.1) is 5.92 Å². The molecule has 4 rings (SSSR count). The van der Waals surface area contributed by atoms with Gasteiger partial charge in [-0.2, -0.15) is 13.2 Å². The zero-order valence-corrected chi connectivity index (χ0v) is 17.9. The average molecular weight is 459 g/mol. The third-order valence-corrected chi connectivity index (χ3v) is 5.97. The molecule has 2 aliphatic rings. The van der Waals surface area contributed by atoms with E-state index in [2.05, 4.69) is 5.32 Å². The highest BCUT2D eigenvalue weighted by Gasteiger charge is 2.37. The van der Waals surface area contributed by atoms with E-state index in [9.17, 15) is 27.6 Å². The van der Waals surface area contributed by atoms with E-state index in [0.717, 1.165) is 30.5 Å². The summed E-state index contributed by atoms with van der Waals surface area (Å²) in [5.74, 6) is -1.33. The summed E-state index contributed by atoms with van der Waals surface area (Å²) in [7, 11) is 0. The van der Waals surface area contributed by atoms with Gasteiger partial charge in [0, 0.05) is 43.9 Å². The Balaban J connectivity index is 1.40. The van der Waals surface area contributed by atoms with Crippen molar-refractivity contribution < 1.29 is 27.6 Å². The molecule has 2 heterocycles. The highest BCUT2D eigenvalue weighted by atomic mass is 19.4. The quantitative estimate of drug-likeness (QED) is 0.728. The van der Waals surface area contributed by atoms with Crippen LogP contribution in [0.15, 0.2) is 48.5 Å². The normalized spacial score (nSPS) is 19.2. The van der Waals surface area contributed by atoms with Crippen molar-refractivity contribution in [3.8, 4) is 0 Å². The van der Waals surface area contributed by atoms with E-state index in [-0.39, 0.29) is 30.5 Å². The topological polar surface area (TPSA) is 69.7 Å². The Labute approximate surface area is 189 Å². The fourth-order valence-electron chi connectivity index (χ4n) is 4.22. The van der Waals surface area contributed by atoms with Gasteiger partial charge in [0.25, 0.3) is 0 Å². The molecule has 2 aliphatic heterocycles. The van der Waals surface area contributed by atoms with Gasteiger partial charge in [0.15, 0.2) is 0 Å². The van der Waals surface area contributed by atoms with Crippen molar-refractivity contribution in [2.24, 2.45) is 5.92 Å². The molecule has 1 unspecified atom stereocenters. The summed E-state index contributed by atoms with van der Waals surface area (Å²) in [6.07, 6.45) is -2.17. The maximum atomic E-state index is 13.0. The van der Waals surface area contributed by atoms with Gasteiger partial charge in [-0.05, 0) is 48.7 Å². The third kappa shape index (κ3) is 5.35. The predicted octanol–water partition coefficient (Wildman–Crippen LogP) is 4.21. The minimum atomic E-state index is -4.51. The second-order valence-corrected chi connectivity index (χ2v) is 8.42. The minimum absolute atomic E-state index is 0.00788. The number of nitrogens with one attached hydrogen (secondary N) is 1. The van der Waals surface area contributed by atoms with Crippen molar-refractivity contribution in [3.63, 3.8) is 0 Å². The van der Waals surface area contributed by atoms with Crippen molar-refractivity contribution in [1.29, 1.82) is 0 Å². The zero-order valence-electron chi connectivity index (χ0n) is 17.9. The number of hydrogen-bond donors (Lipinski definition) is 1. The Hall–Kier alpha value is -3.36. The van der Waals surface area contributed by atoms with Crippen molar-refractivity contribution in [2.75, 3.05) is 23.3 Å². The van der Waals surface area contributed by atoms with Crippen LogP contribution in [0.5, 0.6) is 0 Å². The molecule has 0 spiro atoms. The number of piperidine rings is 1. The summed E-state index contributed by atoms with van der Waals surface area (Å²) in [6.45, 7) is 1.19. The Morgan fingerprint density at radius 2 is 1.82 bits per heavy atom. The third-order valence-electron chi connectivity index (χ3n) is 5.97. The average Bonchev–Trinajstić information content (AvgIpc) is 3.17. The first kappa shape index (κ1) is 22.8. The summed E-state index contributed by atoms with van der Waals surface area (Å²) in [4.78, 5) is 40.3. The molecule has 3 amide bonds. The number of carbonyl (C=O) groups is 3. The van der Waals surface area contributed by atoms with Gasteiger partial charge >= 0.3 is 6.18 Å². The molecule has 0 aromatic heterocycles. The van der Waals surface area contributed by atoms with Crippen LogP contribution in [0.25, 0.3) is 0 Å². The van der Waals surface area contributed by atoms with E-state index < -0.39 is 23.6 Å². The molecule has 0 radical (unpaired) electrons. The van der Waals surface area contributed by atoms with Gasteiger partial charge in [-0.3, -0.25) is 14.4 Å². The number of nitrogens with zero attached hydrogens (tertiary/aromatic N) is 2. The van der Waals surface area contributed by atoms with Gasteiger partial charge in [-0.25, -0.2) is 0 Å². The summed E-state index contributed by atoms with van der Waals surface area (Å²) < 4.78 is 39.0. The van der Waals surface area contributed by atoms with Crippen molar-refractivity contribution in [2.45, 2.75) is 38.4 Å². The standard InChI is InChI=1S/C24H24F3N3O3/c25-24(26,27)18-6-4-8-20(13-18)30-15-17(12-22(30)32)23(33)28-19-7-3-5-16(11-19)14-29-10-2-1-9-21(29)31/h3-8,11,13,17H,1-2,9-10,12,14-15H2,(H,28,33). The summed E-state index contributed by atoms with van der Waals surface area (Å²) in [5.41, 5.74) is 0.714. The molecule has 2 aromatic rings. The Bertz CT molecular complexity index is 1070. The van der Waals surface area contributed by atoms with Crippen molar-refractivity contribution >= 4 is 29.1 Å². The number of alkyl halides is 3. The van der Waals surface area contributed by atoms with Crippen LogP contribution in [-0.2, 0) is 27.1 Å². The zero-order chi connectivity index (χ0) is 23.6. The molecule has 0 saturated carbocycles. The molecule has 174 valence electrons. The first-order valence-corrected chi connectivity index (χ1v) is 10.9. The number of amides is 3. The van der Waals surface area contributed by atoms with Crippen LogP contribution in [0.3, 0.4) is 0 Å². The fraction of sp³-hybridized carbons (Fsp3) is 0.375. The fourth-order valence-corrected chi connectivity index (χ4v) is 4.22. The van der Waals surface area contributed by atoms with Crippen LogP contribution < -0.4 is 10.2 Å². The van der Waals surface area contributed by atoms with E-state index in [4.69, 9.17) is 0 Å². The van der Waals surface area contributed by atoms with Crippen molar-refractivity contribution in [1.82, 2.24) is 4.90 Å². The van der Waals surface area contributed by atoms with Crippen LogP contribution in [0.2, 0.25) is 0 Å². The predicted molar refractivity (Wildman–Crippen MR) is 116 cm³/mol. The van der Waals surface area contributed by atoms with Crippen molar-refractivity contribution in [3.05, 3.63) is 59.7 Å². The molecular weight excluding hydrogens is 435 g/mol. The molecule has 0 aliphatic carbocycles. The molecule has 2 aromatic carbocycles. The SMILES string of the molecule is O=C(Nc1cccc(CN2CCCCC2=O)c1)C1CC(=O)N(c2cccc(C(F)(F)F)c2)C1. The number of likely N-dealkylation sites (tertiary alicyclic amines) is 1. The second kappa shape index (κ2) is 9.25. The number of hydrogen-bond acceptors (Lipinski definition) is 3. The smallest absolute Gasteiger partial charge is 0.338 e. The highest BCUT2D eigenvalue weighted by Crippen LogP contribution is 2.33. The first-order chi connectivity index (χ1) is 15.7. The molecule has 33 heavy (non-hydrogen) atoms. The molecular formula is C24H24F3N3O3. The van der Waals surface area contributed by atoms with Gasteiger partial charge < -0.3 is 15.1 Å². The maximum absolute atomic E-state index is 13.0. The van der Waals surface area contributed by atoms with E-state index in [0.29, 0.717) is 25.2 Å². The monoisotopic (exact) mass is 459 g/mol. The lowest BCUT2D eigenvalue weighted by Crippen LogP contribution is -2.34. The number of carbonyl (C=O) groups excluding carboxylic acids is 3. The molecule has 6 nitrogen and oxygen atoms in total. The summed E-state index contributed by atoms with van der Waals surface area (Å²) in [6, 6.07) is 11.7. The molecule has 1 atom stereocenters. The second-order valence-electron chi connectivity index (χ2n) is 8.42. The van der Waals surface area contributed by atoms with E-state index in [1.165, 1.54) is 17.0 Å². The van der Waals surface area contributed by atoms with Crippen LogP contribution in [0.4, 0.5) is 24.5 Å². The Morgan fingerprint density at radius 1 is 1.03 bits per heavy atom. The largest absolute Gasteiger partial charge is 0.416 e. The van der Waals surface area contributed by atoms with Gasteiger partial charge in [0.05, 0.1) is 11.5 Å². The summed E-state index contributed by atoms with van der Waals surface area (Å²) in [5, 5.41) is 2.80. The van der Waals surface area contributed by atoms with Gasteiger partial charge in [0.1, 0.15) is 0 Å². The number of benzene rings is 2. The van der Waals surface area contributed by atoms with Gasteiger partial charge in [-0.15, -0.1) is 0 Å². The maximum Gasteiger partial charge on any atom is 0.416 e. The number of halogens is 3. The van der Waals surface area contributed by atoms with Gasteiger partial charge in [-0.1, -0.05) is 18.2 Å². The minimum Gasteiger partial charge on any atom is -0.338 e. The lowest BCUT2D eigenvalue weighted by Gasteiger charge is -2.27. The molecule has 2 saturated heterocycles. The van der Waals surface area contributed by atoms with Crippen LogP contribution in [0.1, 0.15) is 36.8 Å². The lowest BCUT2D eigenvalue weighted by molar-refractivity contribution is -0.137. The van der Waals surface area contributed by atoms with E-state index in [1.807, 2.05) is 6.07 Å². The first-order valence-electron chi connectivity index (χ1n) is 10.9. The number of anilines is 2. The van der Waals surface area contributed by atoms with Crippen LogP contribution >= 0.6 is 0 Å². The highest BCUT2D eigenvalue weighted by molar-refractivity contribution is 6.03. The Kier molecular flexibility index (Phi) is 6.40. The van der Waals surface area contributed by atoms with E-state index in [1.54, 1.807) is 23.1 Å². The number of rotatable bonds is 5. The van der Waals surface area contributed by atoms with E-state index >= 15 is 0 Å².